The third kappa shape index (κ3) is 2.34. The number of hydrogen-bond donors (Lipinski definition) is 3. The maximum absolute atomic E-state index is 14.0. The lowest BCUT2D eigenvalue weighted by atomic mass is 10.2. The monoisotopic (exact) mass is 286 g/mol. The minimum atomic E-state index is -0.641. The van der Waals surface area contributed by atoms with E-state index in [0.29, 0.717) is 0 Å². The molecule has 18 heavy (non-hydrogen) atoms. The second-order valence-electron chi connectivity index (χ2n) is 3.79. The Labute approximate surface area is 113 Å². The van der Waals surface area contributed by atoms with Crippen LogP contribution in [0.15, 0.2) is 17.6 Å². The van der Waals surface area contributed by atoms with E-state index in [-0.39, 0.29) is 28.1 Å². The molecule has 0 radical (unpaired) electrons. The summed E-state index contributed by atoms with van der Waals surface area (Å²) < 4.78 is 14.0. The van der Waals surface area contributed by atoms with Gasteiger partial charge in [0.2, 0.25) is 0 Å². The number of nitrogens with two attached hydrogens (primary N) is 2. The van der Waals surface area contributed by atoms with Gasteiger partial charge in [0.1, 0.15) is 10.0 Å². The van der Waals surface area contributed by atoms with Crippen LogP contribution in [0, 0.1) is 5.82 Å². The van der Waals surface area contributed by atoms with Crippen LogP contribution in [0.4, 0.5) is 21.5 Å². The number of nitrogens with one attached hydrogen (secondary N) is 1. The molecule has 1 atom stereocenters. The molecule has 0 aliphatic rings. The van der Waals surface area contributed by atoms with E-state index in [1.807, 2.05) is 12.3 Å². The van der Waals surface area contributed by atoms with Crippen molar-refractivity contribution in [1.82, 2.24) is 4.98 Å². The molecule has 0 aliphatic carbocycles. The molecule has 2 aromatic rings. The van der Waals surface area contributed by atoms with Crippen molar-refractivity contribution in [3.8, 4) is 0 Å². The Bertz CT molecular complexity index is 559. The molecule has 0 amide bonds. The van der Waals surface area contributed by atoms with Crippen molar-refractivity contribution in [1.29, 1.82) is 0 Å². The first-order chi connectivity index (χ1) is 8.50. The summed E-state index contributed by atoms with van der Waals surface area (Å²) >= 11 is 7.23. The van der Waals surface area contributed by atoms with Crippen LogP contribution in [-0.4, -0.2) is 4.98 Å². The molecule has 5 N–H and O–H groups in total. The number of aromatic nitrogens is 1. The predicted octanol–water partition coefficient (Wildman–Crippen LogP) is 3.27. The zero-order valence-corrected chi connectivity index (χ0v) is 11.1. The molecule has 1 aromatic carbocycles. The standard InChI is InChI=1S/C11H12ClFN4S/c1-5(11-16-2-3-18-11)17-10-7(15)4-6(14)8(12)9(10)13/h2-5,17H,14-15H2,1H3. The molecule has 0 bridgehead atoms. The summed E-state index contributed by atoms with van der Waals surface area (Å²) in [6.07, 6.45) is 1.69. The van der Waals surface area contributed by atoms with Gasteiger partial charge in [-0.2, -0.15) is 0 Å². The number of nitrogens with zero attached hydrogens (tertiary/aromatic N) is 1. The van der Waals surface area contributed by atoms with Crippen LogP contribution in [0.5, 0.6) is 0 Å². The fourth-order valence-electron chi connectivity index (χ4n) is 1.54. The summed E-state index contributed by atoms with van der Waals surface area (Å²) in [5, 5.41) is 5.52. The molecule has 2 rings (SSSR count). The summed E-state index contributed by atoms with van der Waals surface area (Å²) in [7, 11) is 0. The van der Waals surface area contributed by atoms with Crippen molar-refractivity contribution in [3.63, 3.8) is 0 Å². The Kier molecular flexibility index (Phi) is 3.58. The Morgan fingerprint density at radius 1 is 1.44 bits per heavy atom. The first-order valence-corrected chi connectivity index (χ1v) is 6.45. The highest BCUT2D eigenvalue weighted by atomic mass is 35.5. The lowest BCUT2D eigenvalue weighted by Crippen LogP contribution is -2.10. The quantitative estimate of drug-likeness (QED) is 0.757. The summed E-state index contributed by atoms with van der Waals surface area (Å²) in [6.45, 7) is 1.86. The van der Waals surface area contributed by atoms with E-state index in [9.17, 15) is 4.39 Å². The highest BCUT2D eigenvalue weighted by Crippen LogP contribution is 2.35. The van der Waals surface area contributed by atoms with Crippen LogP contribution < -0.4 is 16.8 Å². The van der Waals surface area contributed by atoms with E-state index in [4.69, 9.17) is 23.1 Å². The predicted molar refractivity (Wildman–Crippen MR) is 74.4 cm³/mol. The van der Waals surface area contributed by atoms with Gasteiger partial charge in [0.25, 0.3) is 0 Å². The van der Waals surface area contributed by atoms with Crippen molar-refractivity contribution in [3.05, 3.63) is 33.5 Å². The zero-order valence-electron chi connectivity index (χ0n) is 9.58. The van der Waals surface area contributed by atoms with Gasteiger partial charge in [0, 0.05) is 11.6 Å². The van der Waals surface area contributed by atoms with Crippen molar-refractivity contribution in [2.75, 3.05) is 16.8 Å². The third-order valence-electron chi connectivity index (χ3n) is 2.45. The number of anilines is 3. The average molecular weight is 287 g/mol. The van der Waals surface area contributed by atoms with Gasteiger partial charge in [-0.25, -0.2) is 9.37 Å². The van der Waals surface area contributed by atoms with Crippen molar-refractivity contribution in [2.45, 2.75) is 13.0 Å². The van der Waals surface area contributed by atoms with Gasteiger partial charge < -0.3 is 16.8 Å². The molecule has 4 nitrogen and oxygen atoms in total. The molecule has 0 spiro atoms. The van der Waals surface area contributed by atoms with Gasteiger partial charge in [0.15, 0.2) is 5.82 Å². The zero-order chi connectivity index (χ0) is 13.3. The summed E-state index contributed by atoms with van der Waals surface area (Å²) in [6, 6.07) is 1.27. The van der Waals surface area contributed by atoms with Gasteiger partial charge in [-0.1, -0.05) is 11.6 Å². The summed E-state index contributed by atoms with van der Waals surface area (Å²) in [4.78, 5) is 4.15. The van der Waals surface area contributed by atoms with Crippen LogP contribution in [-0.2, 0) is 0 Å². The van der Waals surface area contributed by atoms with Crippen molar-refractivity contribution >= 4 is 40.0 Å². The van der Waals surface area contributed by atoms with Crippen LogP contribution >= 0.6 is 22.9 Å². The smallest absolute Gasteiger partial charge is 0.169 e. The molecule has 0 fully saturated rings. The van der Waals surface area contributed by atoms with E-state index >= 15 is 0 Å². The van der Waals surface area contributed by atoms with Gasteiger partial charge in [-0.3, -0.25) is 0 Å². The first-order valence-electron chi connectivity index (χ1n) is 5.19. The van der Waals surface area contributed by atoms with Gasteiger partial charge in [0.05, 0.1) is 23.1 Å². The van der Waals surface area contributed by atoms with E-state index in [2.05, 4.69) is 10.3 Å². The van der Waals surface area contributed by atoms with Crippen LogP contribution in [0.25, 0.3) is 0 Å². The highest BCUT2D eigenvalue weighted by molar-refractivity contribution is 7.09. The number of halogens is 2. The molecular weight excluding hydrogens is 275 g/mol. The van der Waals surface area contributed by atoms with E-state index in [1.165, 1.54) is 17.4 Å². The maximum Gasteiger partial charge on any atom is 0.169 e. The average Bonchev–Trinajstić information content (AvgIpc) is 2.85. The lowest BCUT2D eigenvalue weighted by Gasteiger charge is -2.16. The minimum Gasteiger partial charge on any atom is -0.397 e. The fourth-order valence-corrected chi connectivity index (χ4v) is 2.33. The number of hydrogen-bond acceptors (Lipinski definition) is 5. The molecular formula is C11H12ClFN4S. The van der Waals surface area contributed by atoms with Crippen molar-refractivity contribution < 1.29 is 4.39 Å². The summed E-state index contributed by atoms with van der Waals surface area (Å²) in [5.74, 6) is -0.641. The van der Waals surface area contributed by atoms with Gasteiger partial charge in [-0.15, -0.1) is 11.3 Å². The number of thiazole rings is 1. The Balaban J connectivity index is 2.32. The van der Waals surface area contributed by atoms with Crippen molar-refractivity contribution in [2.24, 2.45) is 0 Å². The second-order valence-corrected chi connectivity index (χ2v) is 5.10. The van der Waals surface area contributed by atoms with Gasteiger partial charge >= 0.3 is 0 Å². The molecule has 1 heterocycles. The Morgan fingerprint density at radius 2 is 2.17 bits per heavy atom. The van der Waals surface area contributed by atoms with E-state index < -0.39 is 5.82 Å². The molecule has 1 unspecified atom stereocenters. The lowest BCUT2D eigenvalue weighted by molar-refractivity contribution is 0.629. The molecule has 0 aliphatic heterocycles. The van der Waals surface area contributed by atoms with E-state index in [1.54, 1.807) is 6.20 Å². The normalized spacial score (nSPS) is 12.4. The number of rotatable bonds is 3. The van der Waals surface area contributed by atoms with Crippen LogP contribution in [0.2, 0.25) is 5.02 Å². The minimum absolute atomic E-state index is 0.124. The molecule has 1 aromatic heterocycles. The summed E-state index contributed by atoms with van der Waals surface area (Å²) in [5.41, 5.74) is 11.8. The maximum atomic E-state index is 14.0. The largest absolute Gasteiger partial charge is 0.397 e. The number of nitrogen functional groups attached to an aromatic ring is 2. The molecule has 0 saturated heterocycles. The molecule has 96 valence electrons. The third-order valence-corrected chi connectivity index (χ3v) is 3.79. The SMILES string of the molecule is CC(Nc1c(N)cc(N)c(Cl)c1F)c1nccs1. The first kappa shape index (κ1) is 12.9. The Morgan fingerprint density at radius 3 is 2.78 bits per heavy atom. The Hall–Kier alpha value is -1.53. The highest BCUT2D eigenvalue weighted by Gasteiger charge is 2.17. The molecule has 7 heteroatoms. The topological polar surface area (TPSA) is 77.0 Å². The van der Waals surface area contributed by atoms with Crippen LogP contribution in [0.1, 0.15) is 18.0 Å². The fraction of sp³-hybridized carbons (Fsp3) is 0.182. The van der Waals surface area contributed by atoms with E-state index in [0.717, 1.165) is 5.01 Å². The second kappa shape index (κ2) is 4.99. The van der Waals surface area contributed by atoms with Gasteiger partial charge in [-0.05, 0) is 13.0 Å². The van der Waals surface area contributed by atoms with Crippen LogP contribution in [0.3, 0.4) is 0 Å². The number of benzene rings is 1. The molecule has 0 saturated carbocycles.